The minimum atomic E-state index is -0.00991. The summed E-state index contributed by atoms with van der Waals surface area (Å²) in [6, 6.07) is 6.04. The summed E-state index contributed by atoms with van der Waals surface area (Å²) < 4.78 is 0. The molecule has 1 aromatic carbocycles. The third-order valence-corrected chi connectivity index (χ3v) is 3.91. The van der Waals surface area contributed by atoms with E-state index in [0.717, 1.165) is 23.2 Å². The Balaban J connectivity index is 2.64. The molecule has 0 aliphatic heterocycles. The van der Waals surface area contributed by atoms with Crippen LogP contribution in [-0.2, 0) is 11.2 Å². The van der Waals surface area contributed by atoms with Gasteiger partial charge in [0.2, 0.25) is 5.91 Å². The van der Waals surface area contributed by atoms with Gasteiger partial charge >= 0.3 is 0 Å². The van der Waals surface area contributed by atoms with Gasteiger partial charge in [-0.05, 0) is 24.5 Å². The second-order valence-corrected chi connectivity index (χ2v) is 5.74. The molecule has 3 nitrogen and oxygen atoms in total. The molecule has 0 bridgehead atoms. The molecule has 2 N–H and O–H groups in total. The molecule has 0 spiro atoms. The molecule has 0 heterocycles. The van der Waals surface area contributed by atoms with Crippen LogP contribution in [0.25, 0.3) is 0 Å². The number of hydrogen-bond acceptors (Lipinski definition) is 3. The van der Waals surface area contributed by atoms with E-state index in [1.807, 2.05) is 32.0 Å². The molecule has 1 aromatic rings. The average Bonchev–Trinajstić information content (AvgIpc) is 2.38. The molecule has 1 unspecified atom stereocenters. The summed E-state index contributed by atoms with van der Waals surface area (Å²) in [5.41, 5.74) is 3.17. The van der Waals surface area contributed by atoms with Crippen LogP contribution < -0.4 is 5.32 Å². The average molecular weight is 267 g/mol. The van der Waals surface area contributed by atoms with Crippen LogP contribution in [0.15, 0.2) is 18.2 Å². The highest BCUT2D eigenvalue weighted by Gasteiger charge is 2.10. The Labute approximate surface area is 113 Å². The van der Waals surface area contributed by atoms with E-state index in [1.165, 1.54) is 11.8 Å². The molecule has 0 radical (unpaired) electrons. The van der Waals surface area contributed by atoms with Crippen LogP contribution in [0.1, 0.15) is 25.0 Å². The van der Waals surface area contributed by atoms with Crippen LogP contribution in [0, 0.1) is 6.92 Å². The van der Waals surface area contributed by atoms with Crippen molar-refractivity contribution >= 4 is 23.4 Å². The Hall–Kier alpha value is -1.000. The number of amides is 1. The summed E-state index contributed by atoms with van der Waals surface area (Å²) in [7, 11) is 0. The molecule has 0 aliphatic carbocycles. The number of aliphatic hydroxyl groups excluding tert-OH is 1. The highest BCUT2D eigenvalue weighted by molar-refractivity contribution is 8.00. The molecule has 1 atom stereocenters. The Kier molecular flexibility index (Phi) is 6.22. The van der Waals surface area contributed by atoms with Gasteiger partial charge in [-0.15, -0.1) is 11.8 Å². The maximum atomic E-state index is 11.8. The number of aliphatic hydroxyl groups is 1. The fourth-order valence-electron chi connectivity index (χ4n) is 1.65. The lowest BCUT2D eigenvalue weighted by molar-refractivity contribution is -0.113. The maximum Gasteiger partial charge on any atom is 0.234 e. The van der Waals surface area contributed by atoms with Gasteiger partial charge in [0.1, 0.15) is 0 Å². The lowest BCUT2D eigenvalue weighted by Gasteiger charge is -2.13. The van der Waals surface area contributed by atoms with E-state index in [4.69, 9.17) is 5.11 Å². The smallest absolute Gasteiger partial charge is 0.234 e. The topological polar surface area (TPSA) is 49.3 Å². The molecule has 1 amide bonds. The summed E-state index contributed by atoms with van der Waals surface area (Å²) >= 11 is 1.46. The summed E-state index contributed by atoms with van der Waals surface area (Å²) in [6.07, 6.45) is 0.900. The number of aryl methyl sites for hydroxylation is 2. The van der Waals surface area contributed by atoms with Crippen molar-refractivity contribution < 1.29 is 9.90 Å². The highest BCUT2D eigenvalue weighted by atomic mass is 32.2. The van der Waals surface area contributed by atoms with Crippen molar-refractivity contribution in [1.82, 2.24) is 0 Å². The largest absolute Gasteiger partial charge is 0.395 e. The predicted octanol–water partition coefficient (Wildman–Crippen LogP) is 2.61. The van der Waals surface area contributed by atoms with Crippen molar-refractivity contribution in [2.45, 2.75) is 32.4 Å². The fourth-order valence-corrected chi connectivity index (χ4v) is 2.26. The number of carbonyl (C=O) groups is 1. The number of benzene rings is 1. The fraction of sp³-hybridized carbons (Fsp3) is 0.500. The van der Waals surface area contributed by atoms with Crippen LogP contribution >= 0.6 is 11.8 Å². The third-order valence-electron chi connectivity index (χ3n) is 2.76. The van der Waals surface area contributed by atoms with E-state index in [-0.39, 0.29) is 17.8 Å². The number of thioether (sulfide) groups is 1. The number of rotatable bonds is 6. The lowest BCUT2D eigenvalue weighted by Crippen LogP contribution is -2.18. The molecule has 0 saturated heterocycles. The minimum absolute atomic E-state index is 0.00991. The Bertz CT molecular complexity index is 407. The van der Waals surface area contributed by atoms with Crippen LogP contribution in [0.5, 0.6) is 0 Å². The summed E-state index contributed by atoms with van der Waals surface area (Å²) in [5, 5.41) is 12.0. The Morgan fingerprint density at radius 3 is 2.83 bits per heavy atom. The maximum absolute atomic E-state index is 11.8. The van der Waals surface area contributed by atoms with Crippen LogP contribution in [0.4, 0.5) is 5.69 Å². The van der Waals surface area contributed by atoms with E-state index in [9.17, 15) is 4.79 Å². The second kappa shape index (κ2) is 7.44. The zero-order valence-corrected chi connectivity index (χ0v) is 12.0. The minimum Gasteiger partial charge on any atom is -0.395 e. The van der Waals surface area contributed by atoms with Gasteiger partial charge in [0, 0.05) is 10.9 Å². The molecular formula is C14H21NO2S. The standard InChI is InChI=1S/C14H21NO2S/c1-4-12-7-5-6-10(2)14(12)15-13(17)9-18-11(3)8-16/h5-7,11,16H,4,8-9H2,1-3H3,(H,15,17). The van der Waals surface area contributed by atoms with Gasteiger partial charge in [-0.2, -0.15) is 0 Å². The Morgan fingerprint density at radius 2 is 2.22 bits per heavy atom. The number of carbonyl (C=O) groups excluding carboxylic acids is 1. The number of hydrogen-bond donors (Lipinski definition) is 2. The van der Waals surface area contributed by atoms with Gasteiger partial charge in [0.15, 0.2) is 0 Å². The molecular weight excluding hydrogens is 246 g/mol. The van der Waals surface area contributed by atoms with Gasteiger partial charge in [0.25, 0.3) is 0 Å². The van der Waals surface area contributed by atoms with E-state index in [2.05, 4.69) is 12.2 Å². The van der Waals surface area contributed by atoms with E-state index < -0.39 is 0 Å². The first-order valence-electron chi connectivity index (χ1n) is 6.19. The summed E-state index contributed by atoms with van der Waals surface area (Å²) in [4.78, 5) is 11.8. The van der Waals surface area contributed by atoms with E-state index in [0.29, 0.717) is 5.75 Å². The number of para-hydroxylation sites is 1. The van der Waals surface area contributed by atoms with Gasteiger partial charge in [0.05, 0.1) is 12.4 Å². The van der Waals surface area contributed by atoms with Crippen molar-refractivity contribution in [3.8, 4) is 0 Å². The molecule has 0 fully saturated rings. The first-order chi connectivity index (χ1) is 8.58. The van der Waals surface area contributed by atoms with Crippen molar-refractivity contribution in [1.29, 1.82) is 0 Å². The molecule has 100 valence electrons. The van der Waals surface area contributed by atoms with Gasteiger partial charge in [-0.25, -0.2) is 0 Å². The quantitative estimate of drug-likeness (QED) is 0.833. The van der Waals surface area contributed by atoms with Crippen molar-refractivity contribution in [3.05, 3.63) is 29.3 Å². The zero-order valence-electron chi connectivity index (χ0n) is 11.2. The summed E-state index contributed by atoms with van der Waals surface area (Å²) in [5.74, 6) is 0.364. The normalized spacial score (nSPS) is 12.2. The van der Waals surface area contributed by atoms with Gasteiger partial charge in [-0.3, -0.25) is 4.79 Å². The molecule has 0 aliphatic rings. The first kappa shape index (κ1) is 15.1. The van der Waals surface area contributed by atoms with Crippen molar-refractivity contribution in [3.63, 3.8) is 0 Å². The van der Waals surface area contributed by atoms with E-state index in [1.54, 1.807) is 0 Å². The van der Waals surface area contributed by atoms with Crippen molar-refractivity contribution in [2.24, 2.45) is 0 Å². The van der Waals surface area contributed by atoms with Gasteiger partial charge in [-0.1, -0.05) is 32.0 Å². The number of anilines is 1. The molecule has 0 saturated carbocycles. The molecule has 1 rings (SSSR count). The number of nitrogens with one attached hydrogen (secondary N) is 1. The SMILES string of the molecule is CCc1cccc(C)c1NC(=O)CSC(C)CO. The van der Waals surface area contributed by atoms with Crippen LogP contribution in [0.2, 0.25) is 0 Å². The van der Waals surface area contributed by atoms with Crippen LogP contribution in [-0.4, -0.2) is 28.6 Å². The molecule has 0 aromatic heterocycles. The molecule has 4 heteroatoms. The van der Waals surface area contributed by atoms with E-state index >= 15 is 0 Å². The van der Waals surface area contributed by atoms with Crippen molar-refractivity contribution in [2.75, 3.05) is 17.7 Å². The molecule has 18 heavy (non-hydrogen) atoms. The first-order valence-corrected chi connectivity index (χ1v) is 7.24. The van der Waals surface area contributed by atoms with Crippen LogP contribution in [0.3, 0.4) is 0 Å². The zero-order chi connectivity index (χ0) is 13.5. The third kappa shape index (κ3) is 4.35. The lowest BCUT2D eigenvalue weighted by atomic mass is 10.1. The van der Waals surface area contributed by atoms with Gasteiger partial charge < -0.3 is 10.4 Å². The highest BCUT2D eigenvalue weighted by Crippen LogP contribution is 2.21. The monoisotopic (exact) mass is 267 g/mol. The Morgan fingerprint density at radius 1 is 1.50 bits per heavy atom. The predicted molar refractivity (Wildman–Crippen MR) is 78.2 cm³/mol. The summed E-state index contributed by atoms with van der Waals surface area (Å²) in [6.45, 7) is 6.08. The second-order valence-electron chi connectivity index (χ2n) is 4.31.